The third-order valence-corrected chi connectivity index (χ3v) is 4.82. The van der Waals surface area contributed by atoms with Gasteiger partial charge in [-0.25, -0.2) is 0 Å². The maximum Gasteiger partial charge on any atom is 0.0372 e. The van der Waals surface area contributed by atoms with Crippen LogP contribution in [0.25, 0.3) is 0 Å². The molecule has 0 spiro atoms. The lowest BCUT2D eigenvalue weighted by molar-refractivity contribution is 0.291. The maximum absolute atomic E-state index is 4.52. The Morgan fingerprint density at radius 2 is 2.12 bits per heavy atom. The molecule has 1 saturated heterocycles. The second-order valence-corrected chi connectivity index (χ2v) is 5.74. The lowest BCUT2D eigenvalue weighted by atomic mass is 9.69. The molecule has 1 N–H and O–H groups in total. The van der Waals surface area contributed by atoms with Crippen LogP contribution in [0.3, 0.4) is 0 Å². The molecule has 17 heavy (non-hydrogen) atoms. The normalized spacial score (nSPS) is 27.5. The van der Waals surface area contributed by atoms with Crippen molar-refractivity contribution in [2.24, 2.45) is 5.92 Å². The lowest BCUT2D eigenvalue weighted by Crippen LogP contribution is -2.34. The third-order valence-electron chi connectivity index (χ3n) is 4.82. The van der Waals surface area contributed by atoms with E-state index in [1.807, 2.05) is 0 Å². The molecule has 1 aromatic rings. The van der Waals surface area contributed by atoms with Crippen LogP contribution in [0.5, 0.6) is 0 Å². The molecule has 0 bridgehead atoms. The van der Waals surface area contributed by atoms with Crippen molar-refractivity contribution >= 4 is 0 Å². The van der Waals surface area contributed by atoms with Gasteiger partial charge in [-0.3, -0.25) is 4.98 Å². The van der Waals surface area contributed by atoms with Crippen LogP contribution in [-0.4, -0.2) is 18.1 Å². The van der Waals surface area contributed by atoms with E-state index in [-0.39, 0.29) is 0 Å². The summed E-state index contributed by atoms with van der Waals surface area (Å²) in [5.74, 6) is 0.828. The standard InChI is InChI=1S/C15H22N2/c1-12-4-5-13(11-17-12)15(7-2-3-8-15)14-6-9-16-10-14/h4-5,11,14,16H,2-3,6-10H2,1H3. The summed E-state index contributed by atoms with van der Waals surface area (Å²) < 4.78 is 0. The van der Waals surface area contributed by atoms with Gasteiger partial charge in [-0.05, 0) is 56.8 Å². The number of nitrogens with one attached hydrogen (secondary N) is 1. The Bertz CT molecular complexity index is 370. The Balaban J connectivity index is 1.95. The van der Waals surface area contributed by atoms with Crippen molar-refractivity contribution in [1.82, 2.24) is 10.3 Å². The topological polar surface area (TPSA) is 24.9 Å². The Kier molecular flexibility index (Phi) is 2.91. The van der Waals surface area contributed by atoms with Gasteiger partial charge < -0.3 is 5.32 Å². The van der Waals surface area contributed by atoms with Crippen molar-refractivity contribution in [3.8, 4) is 0 Å². The summed E-state index contributed by atoms with van der Waals surface area (Å²) in [5, 5.41) is 3.53. The first kappa shape index (κ1) is 11.2. The van der Waals surface area contributed by atoms with E-state index in [1.54, 1.807) is 0 Å². The Labute approximate surface area is 104 Å². The van der Waals surface area contributed by atoms with Crippen LogP contribution in [0.4, 0.5) is 0 Å². The number of hydrogen-bond acceptors (Lipinski definition) is 2. The van der Waals surface area contributed by atoms with Gasteiger partial charge in [0.1, 0.15) is 0 Å². The minimum Gasteiger partial charge on any atom is -0.316 e. The molecule has 1 aliphatic heterocycles. The smallest absolute Gasteiger partial charge is 0.0372 e. The predicted octanol–water partition coefficient (Wildman–Crippen LogP) is 2.81. The molecular weight excluding hydrogens is 208 g/mol. The SMILES string of the molecule is Cc1ccc(C2(C3CCNC3)CCCC2)cn1. The molecule has 2 nitrogen and oxygen atoms in total. The van der Waals surface area contributed by atoms with Gasteiger partial charge in [0.05, 0.1) is 0 Å². The molecule has 1 aliphatic carbocycles. The van der Waals surface area contributed by atoms with Gasteiger partial charge in [0.2, 0.25) is 0 Å². The molecule has 1 saturated carbocycles. The molecule has 1 atom stereocenters. The Morgan fingerprint density at radius 3 is 2.71 bits per heavy atom. The van der Waals surface area contributed by atoms with Crippen LogP contribution >= 0.6 is 0 Å². The van der Waals surface area contributed by atoms with E-state index in [0.717, 1.165) is 11.6 Å². The van der Waals surface area contributed by atoms with Gasteiger partial charge in [-0.1, -0.05) is 18.9 Å². The highest BCUT2D eigenvalue weighted by molar-refractivity contribution is 5.27. The van der Waals surface area contributed by atoms with Crippen molar-refractivity contribution < 1.29 is 0 Å². The number of hydrogen-bond donors (Lipinski definition) is 1. The summed E-state index contributed by atoms with van der Waals surface area (Å²) in [5.41, 5.74) is 3.06. The Hall–Kier alpha value is -0.890. The van der Waals surface area contributed by atoms with Crippen molar-refractivity contribution in [1.29, 1.82) is 0 Å². The monoisotopic (exact) mass is 230 g/mol. The van der Waals surface area contributed by atoms with Crippen LogP contribution in [0.15, 0.2) is 18.3 Å². The van der Waals surface area contributed by atoms with Crippen LogP contribution in [0, 0.1) is 12.8 Å². The summed E-state index contributed by atoms with van der Waals surface area (Å²) in [4.78, 5) is 4.52. The minimum absolute atomic E-state index is 0.435. The maximum atomic E-state index is 4.52. The molecule has 92 valence electrons. The molecule has 2 heteroatoms. The third kappa shape index (κ3) is 1.89. The van der Waals surface area contributed by atoms with Gasteiger partial charge in [-0.2, -0.15) is 0 Å². The minimum atomic E-state index is 0.435. The number of nitrogens with zero attached hydrogens (tertiary/aromatic N) is 1. The quantitative estimate of drug-likeness (QED) is 0.845. The number of pyridine rings is 1. The van der Waals surface area contributed by atoms with E-state index < -0.39 is 0 Å². The van der Waals surface area contributed by atoms with Crippen LogP contribution < -0.4 is 5.32 Å². The average Bonchev–Trinajstić information content (AvgIpc) is 3.01. The molecule has 3 rings (SSSR count). The lowest BCUT2D eigenvalue weighted by Gasteiger charge is -2.35. The molecule has 0 aromatic carbocycles. The number of aromatic nitrogens is 1. The van der Waals surface area contributed by atoms with E-state index in [4.69, 9.17) is 0 Å². The first-order valence-corrected chi connectivity index (χ1v) is 6.95. The zero-order valence-corrected chi connectivity index (χ0v) is 10.7. The van der Waals surface area contributed by atoms with E-state index >= 15 is 0 Å². The van der Waals surface area contributed by atoms with Crippen molar-refractivity contribution in [2.45, 2.75) is 44.4 Å². The zero-order valence-electron chi connectivity index (χ0n) is 10.7. The molecule has 1 unspecified atom stereocenters. The number of aryl methyl sites for hydroxylation is 1. The molecule has 2 aliphatic rings. The molecule has 0 radical (unpaired) electrons. The first-order valence-electron chi connectivity index (χ1n) is 6.95. The van der Waals surface area contributed by atoms with Crippen molar-refractivity contribution in [2.75, 3.05) is 13.1 Å². The van der Waals surface area contributed by atoms with Gasteiger partial charge in [-0.15, -0.1) is 0 Å². The van der Waals surface area contributed by atoms with Gasteiger partial charge >= 0.3 is 0 Å². The van der Waals surface area contributed by atoms with E-state index in [1.165, 1.54) is 50.8 Å². The van der Waals surface area contributed by atoms with Crippen LogP contribution in [0.2, 0.25) is 0 Å². The summed E-state index contributed by atoms with van der Waals surface area (Å²) in [6.07, 6.45) is 9.00. The molecular formula is C15H22N2. The largest absolute Gasteiger partial charge is 0.316 e. The van der Waals surface area contributed by atoms with Crippen LogP contribution in [-0.2, 0) is 5.41 Å². The highest BCUT2D eigenvalue weighted by atomic mass is 14.9. The van der Waals surface area contributed by atoms with Gasteiger partial charge in [0, 0.05) is 17.3 Å². The van der Waals surface area contributed by atoms with E-state index in [9.17, 15) is 0 Å². The highest BCUT2D eigenvalue weighted by Crippen LogP contribution is 2.48. The fourth-order valence-electron chi connectivity index (χ4n) is 3.83. The zero-order chi connectivity index (χ0) is 11.7. The second-order valence-electron chi connectivity index (χ2n) is 5.74. The van der Waals surface area contributed by atoms with Crippen molar-refractivity contribution in [3.63, 3.8) is 0 Å². The summed E-state index contributed by atoms with van der Waals surface area (Å²) in [6.45, 7) is 4.47. The fraction of sp³-hybridized carbons (Fsp3) is 0.667. The van der Waals surface area contributed by atoms with Gasteiger partial charge in [0.25, 0.3) is 0 Å². The van der Waals surface area contributed by atoms with Gasteiger partial charge in [0.15, 0.2) is 0 Å². The second kappa shape index (κ2) is 4.41. The van der Waals surface area contributed by atoms with E-state index in [2.05, 4.69) is 35.6 Å². The summed E-state index contributed by atoms with van der Waals surface area (Å²) >= 11 is 0. The molecule has 1 aromatic heterocycles. The highest BCUT2D eigenvalue weighted by Gasteiger charge is 2.43. The fourth-order valence-corrected chi connectivity index (χ4v) is 3.83. The van der Waals surface area contributed by atoms with Crippen molar-refractivity contribution in [3.05, 3.63) is 29.6 Å². The molecule has 0 amide bonds. The van der Waals surface area contributed by atoms with E-state index in [0.29, 0.717) is 5.41 Å². The molecule has 2 fully saturated rings. The van der Waals surface area contributed by atoms with Crippen LogP contribution in [0.1, 0.15) is 43.4 Å². The molecule has 2 heterocycles. The average molecular weight is 230 g/mol. The summed E-state index contributed by atoms with van der Waals surface area (Å²) in [6, 6.07) is 4.50. The predicted molar refractivity (Wildman–Crippen MR) is 70.1 cm³/mol. The Morgan fingerprint density at radius 1 is 1.29 bits per heavy atom. The number of rotatable bonds is 2. The summed E-state index contributed by atoms with van der Waals surface area (Å²) in [7, 11) is 0. The first-order chi connectivity index (χ1) is 8.31.